The van der Waals surface area contributed by atoms with E-state index >= 15 is 0 Å². The maximum Gasteiger partial charge on any atom is 0.387 e. The summed E-state index contributed by atoms with van der Waals surface area (Å²) < 4.78 is 29.1. The average Bonchev–Trinajstić information content (AvgIpc) is 2.20. The number of halogens is 4. The molecule has 0 aliphatic carbocycles. The molecule has 0 atom stereocenters. The fourth-order valence-corrected chi connectivity index (χ4v) is 2.45. The molecule has 0 aliphatic rings. The number of hydrogen-bond acceptors (Lipinski definition) is 2. The summed E-state index contributed by atoms with van der Waals surface area (Å²) in [6.45, 7) is -2.93. The van der Waals surface area contributed by atoms with Crippen LogP contribution >= 0.6 is 31.9 Å². The molecule has 92 valence electrons. The minimum absolute atomic E-state index is 0.0347. The highest BCUT2D eigenvalue weighted by Crippen LogP contribution is 2.36. The summed E-state index contributed by atoms with van der Waals surface area (Å²) in [4.78, 5) is 10.3. The second kappa shape index (κ2) is 6.11. The minimum Gasteiger partial charge on any atom is -0.478 e. The lowest BCUT2D eigenvalue weighted by Crippen LogP contribution is -2.03. The third kappa shape index (κ3) is 4.43. The fraction of sp³-hybridized carbons (Fsp3) is 0.100. The van der Waals surface area contributed by atoms with Gasteiger partial charge in [-0.05, 0) is 55.6 Å². The van der Waals surface area contributed by atoms with Gasteiger partial charge in [-0.2, -0.15) is 8.78 Å². The van der Waals surface area contributed by atoms with Gasteiger partial charge >= 0.3 is 12.6 Å². The lowest BCUT2D eigenvalue weighted by atomic mass is 10.2. The van der Waals surface area contributed by atoms with E-state index in [9.17, 15) is 13.6 Å². The molecule has 0 aliphatic heterocycles. The van der Waals surface area contributed by atoms with Gasteiger partial charge in [-0.25, -0.2) is 4.79 Å². The molecular formula is C10H6Br2F2O3. The van der Waals surface area contributed by atoms with Gasteiger partial charge in [0, 0.05) is 6.08 Å². The number of ether oxygens (including phenoxy) is 1. The van der Waals surface area contributed by atoms with Crippen LogP contribution in [-0.4, -0.2) is 17.7 Å². The fourth-order valence-electron chi connectivity index (χ4n) is 1.04. The van der Waals surface area contributed by atoms with E-state index in [0.717, 1.165) is 6.08 Å². The number of alkyl halides is 2. The van der Waals surface area contributed by atoms with E-state index in [-0.39, 0.29) is 5.75 Å². The zero-order valence-electron chi connectivity index (χ0n) is 8.16. The first-order chi connectivity index (χ1) is 7.90. The van der Waals surface area contributed by atoms with Crippen LogP contribution in [0.25, 0.3) is 6.08 Å². The van der Waals surface area contributed by atoms with Crippen LogP contribution in [0.2, 0.25) is 0 Å². The van der Waals surface area contributed by atoms with E-state index in [1.165, 1.54) is 18.2 Å². The summed E-state index contributed by atoms with van der Waals surface area (Å²) in [5, 5.41) is 8.45. The first-order valence-corrected chi connectivity index (χ1v) is 5.83. The van der Waals surface area contributed by atoms with Crippen LogP contribution in [0.5, 0.6) is 5.75 Å². The van der Waals surface area contributed by atoms with Crippen molar-refractivity contribution in [1.29, 1.82) is 0 Å². The van der Waals surface area contributed by atoms with Crippen LogP contribution in [0, 0.1) is 0 Å². The van der Waals surface area contributed by atoms with Gasteiger partial charge < -0.3 is 9.84 Å². The van der Waals surface area contributed by atoms with Crippen molar-refractivity contribution in [3.8, 4) is 5.75 Å². The number of carboxylic acid groups (broad SMARTS) is 1. The monoisotopic (exact) mass is 370 g/mol. The SMILES string of the molecule is O=C(O)/C=C/c1cc(Br)c(OC(F)F)c(Br)c1. The van der Waals surface area contributed by atoms with Gasteiger partial charge in [0.15, 0.2) is 5.75 Å². The Morgan fingerprint density at radius 2 is 1.88 bits per heavy atom. The molecule has 0 amide bonds. The van der Waals surface area contributed by atoms with Crippen LogP contribution in [0.4, 0.5) is 8.78 Å². The number of hydrogen-bond donors (Lipinski definition) is 1. The predicted octanol–water partition coefficient (Wildman–Crippen LogP) is 3.91. The van der Waals surface area contributed by atoms with Gasteiger partial charge in [0.25, 0.3) is 0 Å². The highest BCUT2D eigenvalue weighted by Gasteiger charge is 2.12. The molecule has 17 heavy (non-hydrogen) atoms. The maximum absolute atomic E-state index is 12.1. The van der Waals surface area contributed by atoms with E-state index in [4.69, 9.17) is 5.11 Å². The summed E-state index contributed by atoms with van der Waals surface area (Å²) in [5.41, 5.74) is 0.535. The Labute approximate surface area is 112 Å². The van der Waals surface area contributed by atoms with Crippen molar-refractivity contribution < 1.29 is 23.4 Å². The number of carbonyl (C=O) groups is 1. The van der Waals surface area contributed by atoms with E-state index in [1.54, 1.807) is 0 Å². The van der Waals surface area contributed by atoms with E-state index in [0.29, 0.717) is 14.5 Å². The third-order valence-electron chi connectivity index (χ3n) is 1.65. The summed E-state index contributed by atoms with van der Waals surface area (Å²) >= 11 is 6.13. The number of benzene rings is 1. The Balaban J connectivity index is 3.05. The smallest absolute Gasteiger partial charge is 0.387 e. The summed E-state index contributed by atoms with van der Waals surface area (Å²) in [6.07, 6.45) is 2.28. The van der Waals surface area contributed by atoms with Crippen LogP contribution in [-0.2, 0) is 4.79 Å². The molecule has 0 fully saturated rings. The van der Waals surface area contributed by atoms with Crippen molar-refractivity contribution in [3.63, 3.8) is 0 Å². The van der Waals surface area contributed by atoms with Crippen LogP contribution in [0.3, 0.4) is 0 Å². The van der Waals surface area contributed by atoms with Crippen molar-refractivity contribution in [3.05, 3.63) is 32.7 Å². The van der Waals surface area contributed by atoms with Crippen LogP contribution in [0.1, 0.15) is 5.56 Å². The van der Waals surface area contributed by atoms with Crippen molar-refractivity contribution in [2.45, 2.75) is 6.61 Å². The second-order valence-corrected chi connectivity index (χ2v) is 4.57. The van der Waals surface area contributed by atoms with Crippen molar-refractivity contribution in [2.75, 3.05) is 0 Å². The maximum atomic E-state index is 12.1. The van der Waals surface area contributed by atoms with E-state index in [1.807, 2.05) is 0 Å². The Kier molecular flexibility index (Phi) is 5.07. The molecule has 0 saturated carbocycles. The van der Waals surface area contributed by atoms with Gasteiger partial charge in [0.2, 0.25) is 0 Å². The van der Waals surface area contributed by atoms with Crippen LogP contribution < -0.4 is 4.74 Å². The van der Waals surface area contributed by atoms with Gasteiger partial charge in [-0.3, -0.25) is 0 Å². The minimum atomic E-state index is -2.93. The highest BCUT2D eigenvalue weighted by atomic mass is 79.9. The number of carboxylic acids is 1. The number of aliphatic carboxylic acids is 1. The van der Waals surface area contributed by atoms with Crippen LogP contribution in [0.15, 0.2) is 27.2 Å². The molecule has 0 saturated heterocycles. The Hall–Kier alpha value is -0.950. The molecule has 7 heteroatoms. The average molecular weight is 372 g/mol. The van der Waals surface area contributed by atoms with E-state index in [2.05, 4.69) is 36.6 Å². The van der Waals surface area contributed by atoms with Crippen molar-refractivity contribution >= 4 is 43.9 Å². The molecule has 0 heterocycles. The topological polar surface area (TPSA) is 46.5 Å². The highest BCUT2D eigenvalue weighted by molar-refractivity contribution is 9.11. The summed E-state index contributed by atoms with van der Waals surface area (Å²) in [7, 11) is 0. The molecule has 3 nitrogen and oxygen atoms in total. The molecule has 1 rings (SSSR count). The molecule has 0 aromatic heterocycles. The molecule has 0 radical (unpaired) electrons. The molecule has 0 bridgehead atoms. The zero-order chi connectivity index (χ0) is 13.0. The first kappa shape index (κ1) is 14.1. The molecule has 0 spiro atoms. The first-order valence-electron chi connectivity index (χ1n) is 4.25. The molecule has 0 unspecified atom stereocenters. The Morgan fingerprint density at radius 3 is 2.29 bits per heavy atom. The standard InChI is InChI=1S/C10H6Br2F2O3/c11-6-3-5(1-2-8(15)16)4-7(12)9(6)17-10(13)14/h1-4,10H,(H,15,16)/b2-1+. The van der Waals surface area contributed by atoms with E-state index < -0.39 is 12.6 Å². The lowest BCUT2D eigenvalue weighted by molar-refractivity contribution is -0.131. The predicted molar refractivity (Wildman–Crippen MR) is 65.1 cm³/mol. The van der Waals surface area contributed by atoms with Gasteiger partial charge in [-0.1, -0.05) is 0 Å². The molecule has 1 aromatic carbocycles. The molecule has 1 aromatic rings. The lowest BCUT2D eigenvalue weighted by Gasteiger charge is -2.09. The van der Waals surface area contributed by atoms with Crippen molar-refractivity contribution in [2.24, 2.45) is 0 Å². The Bertz CT molecular complexity index is 438. The largest absolute Gasteiger partial charge is 0.478 e. The van der Waals surface area contributed by atoms with Crippen molar-refractivity contribution in [1.82, 2.24) is 0 Å². The number of rotatable bonds is 4. The van der Waals surface area contributed by atoms with Gasteiger partial charge in [0.1, 0.15) is 0 Å². The third-order valence-corrected chi connectivity index (χ3v) is 2.82. The zero-order valence-corrected chi connectivity index (χ0v) is 11.3. The molecule has 1 N–H and O–H groups in total. The summed E-state index contributed by atoms with van der Waals surface area (Å²) in [6, 6.07) is 2.95. The normalized spacial score (nSPS) is 11.1. The van der Waals surface area contributed by atoms with Gasteiger partial charge in [0.05, 0.1) is 8.95 Å². The summed E-state index contributed by atoms with van der Waals surface area (Å²) in [5.74, 6) is -1.13. The molecular weight excluding hydrogens is 366 g/mol. The Morgan fingerprint density at radius 1 is 1.35 bits per heavy atom. The van der Waals surface area contributed by atoms with Gasteiger partial charge in [-0.15, -0.1) is 0 Å². The quantitative estimate of drug-likeness (QED) is 0.816. The second-order valence-electron chi connectivity index (χ2n) is 2.86.